The molecule has 0 saturated carbocycles. The summed E-state index contributed by atoms with van der Waals surface area (Å²) in [6.07, 6.45) is -14.2. The second kappa shape index (κ2) is 39.5. The van der Waals surface area contributed by atoms with Gasteiger partial charge in [-0.05, 0) is 40.2 Å². The summed E-state index contributed by atoms with van der Waals surface area (Å²) in [7, 11) is 10.7. The molecule has 646 valence electrons. The van der Waals surface area contributed by atoms with Crippen molar-refractivity contribution in [3.63, 3.8) is 0 Å². The highest BCUT2D eigenvalue weighted by atomic mass is 33.1. The standard InChI is InChI=1S/C74H114N16O24S2/c1-7-8-13-76-61(101)12-16-115-116-17-14-77-65(105)51-18-40(91)30-81(51)67(107)53-20-42(93)32-83(53)69(109)55-22-44(95)34-85(55)71(111)57-24-46(97)36-87(57)73(113)59-26-48(99)38-89(59)74(114)60-27-49(100)37-88(60)72(112)58-25-47(98)35-86(58)70(110)56-23-45(96)33-84(56)68(108)54-21-43(94)31-82(54)66(106)52-19-41(92)29-80(52)62(102)28-78-63(103)39(2)79-64(104)50(75-3)11-9-10-15-90(4,5)6/h39-60,75,91-100H,9-38H2,1-6H3,(H3-,76,77,78,79,101,103,104,105)/p+1. The van der Waals surface area contributed by atoms with Crippen molar-refractivity contribution in [2.45, 2.75) is 237 Å². The maximum Gasteiger partial charge on any atom is 0.246 e. The van der Waals surface area contributed by atoms with Gasteiger partial charge in [0.2, 0.25) is 82.7 Å². The van der Waals surface area contributed by atoms with Crippen molar-refractivity contribution < 1.29 is 123 Å². The maximum atomic E-state index is 15.1. The Kier molecular flexibility index (Phi) is 30.9. The molecule has 0 radical (unpaired) electrons. The SMILES string of the molecule is CC#CCNC(=O)CCSSCCNC(=O)C1CC(O)CN1C(=O)C1CC(O)CN1C(=O)C1CC(O)CN1C(=O)C1CC(O)CN1C(=O)C1CC(O)CN1C(=O)C1CC(O)CN1C(=O)C1CC(O)CN1C(=O)C1CC(O)CN1C(=O)C1CC(O)CN1C(=O)C1CC(O)CN1C(=O)CNC(=O)C(C)NC(=O)C(CCCC[N+](C)(C)C)NC. The van der Waals surface area contributed by atoms with Gasteiger partial charge in [-0.15, -0.1) is 5.92 Å². The normalized spacial score (nSPS) is 31.7. The lowest BCUT2D eigenvalue weighted by molar-refractivity contribution is -0.870. The Morgan fingerprint density at radius 3 is 1.00 bits per heavy atom. The number of carbonyl (C=O) groups is 14. The Hall–Kier alpha value is -7.64. The van der Waals surface area contributed by atoms with Crippen LogP contribution in [0.4, 0.5) is 0 Å². The highest BCUT2D eigenvalue weighted by Gasteiger charge is 2.58. The highest BCUT2D eigenvalue weighted by molar-refractivity contribution is 8.76. The molecule has 10 aliphatic heterocycles. The second-order valence-corrected chi connectivity index (χ2v) is 35.9. The summed E-state index contributed by atoms with van der Waals surface area (Å²) >= 11 is 0. The zero-order valence-electron chi connectivity index (χ0n) is 66.3. The number of hydrogen-bond donors (Lipinski definition) is 15. The molecule has 10 aliphatic rings. The Balaban J connectivity index is 0.755. The summed E-state index contributed by atoms with van der Waals surface area (Å²) in [5.41, 5.74) is 0. The summed E-state index contributed by atoms with van der Waals surface area (Å²) in [5.74, 6) is -4.39. The van der Waals surface area contributed by atoms with E-state index >= 15 is 19.2 Å². The van der Waals surface area contributed by atoms with E-state index in [9.17, 15) is 99.0 Å². The molecule has 40 nitrogen and oxygen atoms in total. The fourth-order valence-corrected chi connectivity index (χ4v) is 19.6. The van der Waals surface area contributed by atoms with Crippen molar-refractivity contribution in [1.29, 1.82) is 0 Å². The van der Waals surface area contributed by atoms with Crippen molar-refractivity contribution in [1.82, 2.24) is 75.6 Å². The lowest BCUT2D eigenvalue weighted by Gasteiger charge is -2.37. The van der Waals surface area contributed by atoms with Crippen LogP contribution in [-0.2, 0) is 67.1 Å². The van der Waals surface area contributed by atoms with E-state index < -0.39 is 301 Å². The Morgan fingerprint density at radius 2 is 0.690 bits per heavy atom. The molecular formula is C74H115N16O24S2+. The van der Waals surface area contributed by atoms with E-state index in [4.69, 9.17) is 0 Å². The van der Waals surface area contributed by atoms with E-state index in [0.717, 1.165) is 72.9 Å². The van der Waals surface area contributed by atoms with Crippen LogP contribution < -0.4 is 26.6 Å². The first-order valence-corrected chi connectivity index (χ1v) is 42.5. The zero-order chi connectivity index (χ0) is 84.6. The predicted molar refractivity (Wildman–Crippen MR) is 410 cm³/mol. The lowest BCUT2D eigenvalue weighted by Crippen LogP contribution is -2.59. The van der Waals surface area contributed by atoms with Crippen LogP contribution in [0.25, 0.3) is 0 Å². The van der Waals surface area contributed by atoms with Crippen molar-refractivity contribution >= 4 is 104 Å². The Bertz CT molecular complexity index is 3730. The van der Waals surface area contributed by atoms with Crippen LogP contribution >= 0.6 is 21.6 Å². The molecule has 10 saturated heterocycles. The Labute approximate surface area is 679 Å². The number of amides is 14. The molecule has 15 N–H and O–H groups in total. The van der Waals surface area contributed by atoms with Crippen LogP contribution in [0.3, 0.4) is 0 Å². The monoisotopic (exact) mass is 1680 g/mol. The number of unbranched alkanes of at least 4 members (excludes halogenated alkanes) is 1. The topological polar surface area (TPSA) is 534 Å². The van der Waals surface area contributed by atoms with Gasteiger partial charge in [0.1, 0.15) is 66.5 Å². The van der Waals surface area contributed by atoms with Gasteiger partial charge in [0.05, 0.1) is 108 Å². The number of nitrogens with one attached hydrogen (secondary N) is 5. The first-order valence-electron chi connectivity index (χ1n) is 40.0. The summed E-state index contributed by atoms with van der Waals surface area (Å²) < 4.78 is 0.757. The van der Waals surface area contributed by atoms with Gasteiger partial charge in [-0.3, -0.25) is 67.1 Å². The molecule has 0 aromatic heterocycles. The molecule has 116 heavy (non-hydrogen) atoms. The van der Waals surface area contributed by atoms with E-state index in [1.165, 1.54) is 28.5 Å². The molecule has 0 bridgehead atoms. The molecule has 0 spiro atoms. The minimum absolute atomic E-state index is 0.132. The van der Waals surface area contributed by atoms with Crippen molar-refractivity contribution in [2.75, 3.05) is 131 Å². The molecule has 10 rings (SSSR count). The van der Waals surface area contributed by atoms with Gasteiger partial charge in [0.25, 0.3) is 0 Å². The van der Waals surface area contributed by atoms with E-state index in [0.29, 0.717) is 17.9 Å². The summed E-state index contributed by atoms with van der Waals surface area (Å²) in [6, 6.07) is -16.5. The third-order valence-electron chi connectivity index (χ3n) is 23.5. The number of aliphatic hydroxyl groups is 10. The van der Waals surface area contributed by atoms with Crippen LogP contribution in [0.2, 0.25) is 0 Å². The van der Waals surface area contributed by atoms with Gasteiger partial charge in [0, 0.05) is 154 Å². The molecule has 0 aromatic carbocycles. The minimum atomic E-state index is -1.58. The fourth-order valence-electron chi connectivity index (χ4n) is 17.7. The molecule has 22 atom stereocenters. The van der Waals surface area contributed by atoms with Crippen molar-refractivity contribution in [3.8, 4) is 11.8 Å². The number of aliphatic hydroxyl groups excluding tert-OH is 10. The number of nitrogens with zero attached hydrogens (tertiary/aromatic N) is 11. The summed E-state index contributed by atoms with van der Waals surface area (Å²) in [5, 5.41) is 125. The molecule has 0 aromatic rings. The molecule has 42 heteroatoms. The first kappa shape index (κ1) is 90.7. The minimum Gasteiger partial charge on any atom is -0.391 e. The summed E-state index contributed by atoms with van der Waals surface area (Å²) in [6.45, 7) is -0.636. The maximum absolute atomic E-state index is 15.1. The van der Waals surface area contributed by atoms with Gasteiger partial charge in [-0.25, -0.2) is 0 Å². The van der Waals surface area contributed by atoms with Gasteiger partial charge in [-0.1, -0.05) is 27.5 Å². The lowest BCUT2D eigenvalue weighted by atomic mass is 10.1. The quantitative estimate of drug-likeness (QED) is 0.0143. The number of rotatable bonds is 29. The van der Waals surface area contributed by atoms with Gasteiger partial charge in [-0.2, -0.15) is 0 Å². The average Bonchev–Trinajstić information content (AvgIpc) is 1.61. The molecule has 14 amide bonds. The van der Waals surface area contributed by atoms with Crippen LogP contribution in [0, 0.1) is 11.8 Å². The van der Waals surface area contributed by atoms with Crippen molar-refractivity contribution in [3.05, 3.63) is 0 Å². The van der Waals surface area contributed by atoms with Gasteiger partial charge < -0.3 is 131 Å². The number of likely N-dealkylation sites (N-methyl/N-ethyl adjacent to an activating group) is 1. The average molecular weight is 1680 g/mol. The molecule has 0 aliphatic carbocycles. The van der Waals surface area contributed by atoms with E-state index in [-0.39, 0.29) is 70.6 Å². The second-order valence-electron chi connectivity index (χ2n) is 33.2. The zero-order valence-corrected chi connectivity index (χ0v) is 68.0. The number of hydrogen-bond acceptors (Lipinski definition) is 27. The van der Waals surface area contributed by atoms with Gasteiger partial charge >= 0.3 is 0 Å². The molecule has 10 fully saturated rings. The van der Waals surface area contributed by atoms with Crippen LogP contribution in [0.15, 0.2) is 0 Å². The largest absolute Gasteiger partial charge is 0.391 e. The van der Waals surface area contributed by atoms with Crippen LogP contribution in [0.1, 0.15) is 104 Å². The van der Waals surface area contributed by atoms with Crippen LogP contribution in [0.5, 0.6) is 0 Å². The smallest absolute Gasteiger partial charge is 0.246 e. The fraction of sp³-hybridized carbons (Fsp3) is 0.784. The van der Waals surface area contributed by atoms with E-state index in [1.807, 2.05) is 0 Å². The number of carbonyl (C=O) groups excluding carboxylic acids is 14. The molecule has 22 unspecified atom stereocenters. The first-order chi connectivity index (χ1) is 54.9. The molecular weight excluding hydrogens is 1560 g/mol. The third kappa shape index (κ3) is 21.5. The van der Waals surface area contributed by atoms with Gasteiger partial charge in [0.15, 0.2) is 0 Å². The Morgan fingerprint density at radius 1 is 0.397 bits per heavy atom. The molecule has 10 heterocycles. The third-order valence-corrected chi connectivity index (χ3v) is 25.9. The summed E-state index contributed by atoms with van der Waals surface area (Å²) in [4.78, 5) is 210. The number of β-amino-alcohol motifs (C(OH)–C–C–N with tert-alkyl or cyclic N) is 10. The van der Waals surface area contributed by atoms with Crippen molar-refractivity contribution in [2.24, 2.45) is 0 Å². The van der Waals surface area contributed by atoms with Crippen LogP contribution in [-0.4, -0.2) is 452 Å². The number of quaternary nitrogens is 1. The number of likely N-dealkylation sites (tertiary alicyclic amines) is 10. The highest BCUT2D eigenvalue weighted by Crippen LogP contribution is 2.37. The van der Waals surface area contributed by atoms with E-state index in [2.05, 4.69) is 59.6 Å². The van der Waals surface area contributed by atoms with E-state index in [1.54, 1.807) is 14.0 Å². The predicted octanol–water partition coefficient (Wildman–Crippen LogP) is -10.3.